The normalized spacial score (nSPS) is 12.9. The number of pyridine rings is 1. The molecule has 0 radical (unpaired) electrons. The van der Waals surface area contributed by atoms with Crippen LogP contribution in [0.3, 0.4) is 0 Å². The lowest BCUT2D eigenvalue weighted by Crippen LogP contribution is -2.50. The average Bonchev–Trinajstić information content (AvgIpc) is 3.13. The van der Waals surface area contributed by atoms with Crippen molar-refractivity contribution in [1.29, 1.82) is 0 Å². The van der Waals surface area contributed by atoms with Crippen LogP contribution in [-0.2, 0) is 13.3 Å². The van der Waals surface area contributed by atoms with Crippen LogP contribution in [-0.4, -0.2) is 33.4 Å². The van der Waals surface area contributed by atoms with Crippen LogP contribution in [0.25, 0.3) is 5.65 Å². The van der Waals surface area contributed by atoms with Crippen LogP contribution in [0.1, 0.15) is 47.6 Å². The number of nitrogens with one attached hydrogen (secondary N) is 2. The number of fused-ring (bicyclic) bond motifs is 1. The van der Waals surface area contributed by atoms with E-state index in [4.69, 9.17) is 10.5 Å². The molecule has 0 fully saturated rings. The Hall–Kier alpha value is -3.60. The number of nitrogens with two attached hydrogens (primary N) is 1. The Morgan fingerprint density at radius 1 is 1.26 bits per heavy atom. The van der Waals surface area contributed by atoms with Crippen LogP contribution in [0.4, 0.5) is 18.0 Å². The zero-order valence-electron chi connectivity index (χ0n) is 19.0. The van der Waals surface area contributed by atoms with Crippen LogP contribution in [0.2, 0.25) is 0 Å². The average molecular weight is 477 g/mol. The molecule has 182 valence electrons. The highest BCUT2D eigenvalue weighted by atomic mass is 19.1. The maximum atomic E-state index is 14.0. The van der Waals surface area contributed by atoms with E-state index in [1.54, 1.807) is 6.92 Å². The van der Waals surface area contributed by atoms with Crippen molar-refractivity contribution >= 4 is 17.6 Å². The van der Waals surface area contributed by atoms with Gasteiger partial charge in [0.1, 0.15) is 30.6 Å². The third-order valence-corrected chi connectivity index (χ3v) is 5.41. The second-order valence-corrected chi connectivity index (χ2v) is 8.22. The summed E-state index contributed by atoms with van der Waals surface area (Å²) in [7, 11) is 0. The highest BCUT2D eigenvalue weighted by Crippen LogP contribution is 2.26. The Morgan fingerprint density at radius 3 is 2.56 bits per heavy atom. The number of aromatic nitrogens is 2. The third-order valence-electron chi connectivity index (χ3n) is 5.41. The Morgan fingerprint density at radius 2 is 1.94 bits per heavy atom. The number of ether oxygens (including phenoxy) is 1. The molecule has 0 saturated heterocycles. The molecule has 11 heteroatoms. The van der Waals surface area contributed by atoms with E-state index in [2.05, 4.69) is 15.6 Å². The maximum Gasteiger partial charge on any atom is 0.321 e. The van der Waals surface area contributed by atoms with Crippen molar-refractivity contribution in [2.24, 2.45) is 5.73 Å². The second-order valence-electron chi connectivity index (χ2n) is 8.22. The highest BCUT2D eigenvalue weighted by molar-refractivity contribution is 6.04. The minimum atomic E-state index is -0.898. The Kier molecular flexibility index (Phi) is 7.45. The quantitative estimate of drug-likeness (QED) is 0.460. The van der Waals surface area contributed by atoms with Crippen molar-refractivity contribution in [3.05, 3.63) is 64.6 Å². The van der Waals surface area contributed by atoms with E-state index in [-0.39, 0.29) is 40.5 Å². The summed E-state index contributed by atoms with van der Waals surface area (Å²) < 4.78 is 48.3. The number of carbonyl (C=O) groups is 2. The first-order chi connectivity index (χ1) is 16.1. The van der Waals surface area contributed by atoms with Gasteiger partial charge in [-0.15, -0.1) is 0 Å². The lowest BCUT2D eigenvalue weighted by Gasteiger charge is -2.22. The van der Waals surface area contributed by atoms with Gasteiger partial charge in [0, 0.05) is 23.8 Å². The number of benzene rings is 1. The summed E-state index contributed by atoms with van der Waals surface area (Å²) in [5, 5.41) is 4.74. The number of hydrogen-bond donors (Lipinski definition) is 3. The smallest absolute Gasteiger partial charge is 0.321 e. The summed E-state index contributed by atoms with van der Waals surface area (Å²) >= 11 is 0. The lowest BCUT2D eigenvalue weighted by molar-refractivity contribution is 0.0957. The van der Waals surface area contributed by atoms with Gasteiger partial charge in [-0.3, -0.25) is 14.5 Å². The first-order valence-electron chi connectivity index (χ1n) is 10.6. The molecule has 0 spiro atoms. The molecule has 0 bridgehead atoms. The number of imidazole rings is 1. The Bertz CT molecular complexity index is 1210. The number of hydrogen-bond acceptors (Lipinski definition) is 5. The molecular formula is C23H26F3N5O3. The molecule has 2 aromatic heterocycles. The molecule has 0 aliphatic carbocycles. The molecular weight excluding hydrogens is 451 g/mol. The van der Waals surface area contributed by atoms with Crippen molar-refractivity contribution < 1.29 is 27.5 Å². The number of alkyl halides is 1. The van der Waals surface area contributed by atoms with Gasteiger partial charge in [-0.2, -0.15) is 0 Å². The molecule has 0 aliphatic heterocycles. The van der Waals surface area contributed by atoms with E-state index in [1.807, 2.05) is 6.92 Å². The third kappa shape index (κ3) is 5.48. The van der Waals surface area contributed by atoms with Gasteiger partial charge < -0.3 is 15.8 Å². The standard InChI is InChI=1S/C23H26F3N5O3/c1-4-23(3,27)12-28-22(33)30-21(32)19-13(2)29-20-18(8-14(9-24)10-31(19)20)34-11-15-16(25)6-5-7-17(15)26/h5-8,10H,4,9,11-12,27H2,1-3H3,(H2,28,30,32,33). The predicted octanol–water partition coefficient (Wildman–Crippen LogP) is 3.54. The maximum absolute atomic E-state index is 14.0. The molecule has 2 heterocycles. The van der Waals surface area contributed by atoms with Gasteiger partial charge in [0.25, 0.3) is 5.91 Å². The molecule has 0 saturated carbocycles. The predicted molar refractivity (Wildman–Crippen MR) is 119 cm³/mol. The molecule has 1 unspecified atom stereocenters. The van der Waals surface area contributed by atoms with Crippen molar-refractivity contribution in [3.63, 3.8) is 0 Å². The van der Waals surface area contributed by atoms with Gasteiger partial charge in [-0.1, -0.05) is 13.0 Å². The van der Waals surface area contributed by atoms with Gasteiger partial charge in [0.15, 0.2) is 11.4 Å². The number of imide groups is 1. The minimum absolute atomic E-state index is 0.0197. The summed E-state index contributed by atoms with van der Waals surface area (Å²) in [5.41, 5.74) is 5.52. The van der Waals surface area contributed by atoms with E-state index < -0.39 is 42.4 Å². The topological polar surface area (TPSA) is 111 Å². The molecule has 0 aliphatic rings. The van der Waals surface area contributed by atoms with Crippen LogP contribution in [0.5, 0.6) is 5.75 Å². The fourth-order valence-corrected chi connectivity index (χ4v) is 3.17. The van der Waals surface area contributed by atoms with Crippen LogP contribution < -0.4 is 21.1 Å². The second kappa shape index (κ2) is 10.1. The van der Waals surface area contributed by atoms with E-state index >= 15 is 0 Å². The van der Waals surface area contributed by atoms with Crippen molar-refractivity contribution in [2.75, 3.05) is 6.54 Å². The van der Waals surface area contributed by atoms with Crippen molar-refractivity contribution in [2.45, 2.75) is 46.0 Å². The van der Waals surface area contributed by atoms with Crippen molar-refractivity contribution in [3.8, 4) is 5.75 Å². The SMILES string of the molecule is CCC(C)(N)CNC(=O)NC(=O)c1c(C)nc2c(OCc3c(F)cccc3F)cc(CF)cn12. The van der Waals surface area contributed by atoms with E-state index in [0.717, 1.165) is 12.1 Å². The first-order valence-corrected chi connectivity index (χ1v) is 10.6. The van der Waals surface area contributed by atoms with Gasteiger partial charge in [0.2, 0.25) is 0 Å². The van der Waals surface area contributed by atoms with E-state index in [9.17, 15) is 22.8 Å². The molecule has 1 aromatic carbocycles. The van der Waals surface area contributed by atoms with Crippen LogP contribution in [0, 0.1) is 18.6 Å². The largest absolute Gasteiger partial charge is 0.485 e. The molecule has 3 aromatic rings. The number of urea groups is 1. The first kappa shape index (κ1) is 25.0. The molecule has 4 N–H and O–H groups in total. The number of nitrogens with zero attached hydrogens (tertiary/aromatic N) is 2. The summed E-state index contributed by atoms with van der Waals surface area (Å²) in [6.07, 6.45) is 1.95. The lowest BCUT2D eigenvalue weighted by atomic mass is 10.0. The number of aryl methyl sites for hydroxylation is 1. The van der Waals surface area contributed by atoms with Crippen molar-refractivity contribution in [1.82, 2.24) is 20.0 Å². The molecule has 8 nitrogen and oxygen atoms in total. The number of rotatable bonds is 8. The summed E-state index contributed by atoms with van der Waals surface area (Å²) in [4.78, 5) is 29.3. The summed E-state index contributed by atoms with van der Waals surface area (Å²) in [6, 6.07) is 4.00. The number of halogens is 3. The Labute approximate surface area is 194 Å². The van der Waals surface area contributed by atoms with E-state index in [1.165, 1.54) is 29.7 Å². The van der Waals surface area contributed by atoms with Gasteiger partial charge >= 0.3 is 6.03 Å². The molecule has 1 atom stereocenters. The zero-order chi connectivity index (χ0) is 25.0. The van der Waals surface area contributed by atoms with Crippen LogP contribution in [0.15, 0.2) is 30.5 Å². The number of amides is 3. The highest BCUT2D eigenvalue weighted by Gasteiger charge is 2.23. The summed E-state index contributed by atoms with van der Waals surface area (Å²) in [6.45, 7) is 3.93. The van der Waals surface area contributed by atoms with Gasteiger partial charge in [-0.25, -0.2) is 22.9 Å². The van der Waals surface area contributed by atoms with Crippen LogP contribution >= 0.6 is 0 Å². The number of carbonyl (C=O) groups excluding carboxylic acids is 2. The van der Waals surface area contributed by atoms with E-state index in [0.29, 0.717) is 6.42 Å². The van der Waals surface area contributed by atoms with Gasteiger partial charge in [0.05, 0.1) is 11.3 Å². The monoisotopic (exact) mass is 477 g/mol. The fourth-order valence-electron chi connectivity index (χ4n) is 3.17. The fraction of sp³-hybridized carbons (Fsp3) is 0.348. The zero-order valence-corrected chi connectivity index (χ0v) is 19.0. The molecule has 3 rings (SSSR count). The summed E-state index contributed by atoms with van der Waals surface area (Å²) in [5.74, 6) is -2.34. The van der Waals surface area contributed by atoms with Gasteiger partial charge in [-0.05, 0) is 38.5 Å². The Balaban J connectivity index is 1.88. The minimum Gasteiger partial charge on any atom is -0.485 e. The molecule has 34 heavy (non-hydrogen) atoms. The molecule has 3 amide bonds.